The molecule has 19 heavy (non-hydrogen) atoms. The molecule has 0 radical (unpaired) electrons. The van der Waals surface area contributed by atoms with Crippen molar-refractivity contribution in [3.05, 3.63) is 28.8 Å². The number of hydrogen-bond acceptors (Lipinski definition) is 3. The summed E-state index contributed by atoms with van der Waals surface area (Å²) in [5, 5.41) is 9.91. The Morgan fingerprint density at radius 3 is 2.74 bits per heavy atom. The van der Waals surface area contributed by atoms with E-state index >= 15 is 0 Å². The highest BCUT2D eigenvalue weighted by Gasteiger charge is 2.27. The van der Waals surface area contributed by atoms with E-state index in [2.05, 4.69) is 4.72 Å². The molecule has 0 amide bonds. The lowest BCUT2D eigenvalue weighted by Gasteiger charge is -2.15. The lowest BCUT2D eigenvalue weighted by atomic mass is 10.1. The highest BCUT2D eigenvalue weighted by molar-refractivity contribution is 7.89. The van der Waals surface area contributed by atoms with Crippen molar-refractivity contribution in [1.29, 1.82) is 0 Å². The van der Waals surface area contributed by atoms with Crippen molar-refractivity contribution in [1.82, 2.24) is 4.72 Å². The summed E-state index contributed by atoms with van der Waals surface area (Å²) in [6.07, 6.45) is 2.14. The molecule has 1 aliphatic carbocycles. The first-order valence-corrected chi connectivity index (χ1v) is 8.20. The molecule has 2 unspecified atom stereocenters. The number of sulfonamides is 1. The zero-order valence-electron chi connectivity index (χ0n) is 10.8. The van der Waals surface area contributed by atoms with Gasteiger partial charge in [-0.3, -0.25) is 0 Å². The molecule has 0 heterocycles. The number of aryl methyl sites for hydroxylation is 1. The van der Waals surface area contributed by atoms with Crippen LogP contribution in [0.1, 0.15) is 24.8 Å². The zero-order valence-corrected chi connectivity index (χ0v) is 12.3. The maximum absolute atomic E-state index is 12.2. The fraction of sp³-hybridized carbons (Fsp3) is 0.538. The lowest BCUT2D eigenvalue weighted by Crippen LogP contribution is -2.32. The second-order valence-electron chi connectivity index (χ2n) is 5.04. The molecule has 0 aromatic heterocycles. The lowest BCUT2D eigenvalue weighted by molar-refractivity contribution is 0.134. The van der Waals surface area contributed by atoms with Gasteiger partial charge in [0.25, 0.3) is 0 Å². The van der Waals surface area contributed by atoms with Crippen LogP contribution in [0.4, 0.5) is 0 Å². The molecule has 1 saturated carbocycles. The molecule has 2 N–H and O–H groups in total. The second kappa shape index (κ2) is 5.79. The summed E-state index contributed by atoms with van der Waals surface area (Å²) in [6, 6.07) is 4.84. The topological polar surface area (TPSA) is 66.4 Å². The Morgan fingerprint density at radius 2 is 2.16 bits per heavy atom. The number of nitrogens with one attached hydrogen (secondary N) is 1. The van der Waals surface area contributed by atoms with E-state index in [0.29, 0.717) is 0 Å². The standard InChI is InChI=1S/C13H18ClNO3S/c1-9-5-6-13(11(14)7-9)19(17,18)15-8-10-3-2-4-12(10)16/h5-7,10,12,15-16H,2-4,8H2,1H3. The molecule has 1 aromatic rings. The Labute approximate surface area is 118 Å². The third-order valence-corrected chi connectivity index (χ3v) is 5.44. The van der Waals surface area contributed by atoms with Gasteiger partial charge in [-0.15, -0.1) is 0 Å². The molecule has 1 aliphatic rings. The normalized spacial score (nSPS) is 23.7. The molecule has 1 fully saturated rings. The highest BCUT2D eigenvalue weighted by atomic mass is 35.5. The number of hydrogen-bond donors (Lipinski definition) is 2. The summed E-state index contributed by atoms with van der Waals surface area (Å²) in [7, 11) is -3.61. The largest absolute Gasteiger partial charge is 0.393 e. The van der Waals surface area contributed by atoms with Gasteiger partial charge in [0.05, 0.1) is 11.1 Å². The average Bonchev–Trinajstić information content (AvgIpc) is 2.72. The van der Waals surface area contributed by atoms with Crippen molar-refractivity contribution < 1.29 is 13.5 Å². The first-order valence-electron chi connectivity index (χ1n) is 6.34. The van der Waals surface area contributed by atoms with Crippen LogP contribution in [-0.4, -0.2) is 26.2 Å². The average molecular weight is 304 g/mol. The summed E-state index contributed by atoms with van der Waals surface area (Å²) in [4.78, 5) is 0.0900. The van der Waals surface area contributed by atoms with Gasteiger partial charge in [0, 0.05) is 6.54 Å². The monoisotopic (exact) mass is 303 g/mol. The third-order valence-electron chi connectivity index (χ3n) is 3.53. The van der Waals surface area contributed by atoms with Crippen LogP contribution in [-0.2, 0) is 10.0 Å². The minimum Gasteiger partial charge on any atom is -0.393 e. The first kappa shape index (κ1) is 14.8. The number of aliphatic hydroxyl groups excluding tert-OH is 1. The van der Waals surface area contributed by atoms with Crippen LogP contribution >= 0.6 is 11.6 Å². The van der Waals surface area contributed by atoms with Gasteiger partial charge >= 0.3 is 0 Å². The molecular weight excluding hydrogens is 286 g/mol. The van der Waals surface area contributed by atoms with Crippen LogP contribution in [0.5, 0.6) is 0 Å². The van der Waals surface area contributed by atoms with Crippen LogP contribution in [0.25, 0.3) is 0 Å². The number of halogens is 1. The van der Waals surface area contributed by atoms with Crippen LogP contribution in [0.2, 0.25) is 5.02 Å². The molecule has 0 spiro atoms. The summed E-state index contributed by atoms with van der Waals surface area (Å²) in [5.74, 6) is -0.000927. The van der Waals surface area contributed by atoms with E-state index in [1.54, 1.807) is 12.1 Å². The van der Waals surface area contributed by atoms with E-state index in [9.17, 15) is 13.5 Å². The fourth-order valence-corrected chi connectivity index (χ4v) is 4.07. The van der Waals surface area contributed by atoms with Gasteiger partial charge < -0.3 is 5.11 Å². The Balaban J connectivity index is 2.09. The predicted molar refractivity (Wildman–Crippen MR) is 74.7 cm³/mol. The smallest absolute Gasteiger partial charge is 0.242 e. The summed E-state index contributed by atoms with van der Waals surface area (Å²) < 4.78 is 26.8. The van der Waals surface area contributed by atoms with Gasteiger partial charge in [-0.25, -0.2) is 13.1 Å². The van der Waals surface area contributed by atoms with E-state index < -0.39 is 16.1 Å². The molecule has 2 atom stereocenters. The molecule has 0 saturated heterocycles. The van der Waals surface area contributed by atoms with Gasteiger partial charge in [0.15, 0.2) is 0 Å². The van der Waals surface area contributed by atoms with Crippen molar-refractivity contribution in [3.63, 3.8) is 0 Å². The maximum Gasteiger partial charge on any atom is 0.242 e. The highest BCUT2D eigenvalue weighted by Crippen LogP contribution is 2.26. The van der Waals surface area contributed by atoms with E-state index in [1.165, 1.54) is 6.07 Å². The van der Waals surface area contributed by atoms with E-state index in [0.717, 1.165) is 24.8 Å². The van der Waals surface area contributed by atoms with E-state index in [-0.39, 0.29) is 22.4 Å². The van der Waals surface area contributed by atoms with Crippen molar-refractivity contribution in [2.75, 3.05) is 6.54 Å². The van der Waals surface area contributed by atoms with Crippen LogP contribution in [0.15, 0.2) is 23.1 Å². The molecular formula is C13H18ClNO3S. The number of aliphatic hydroxyl groups is 1. The molecule has 106 valence electrons. The van der Waals surface area contributed by atoms with Crippen LogP contribution in [0, 0.1) is 12.8 Å². The number of benzene rings is 1. The molecule has 6 heteroatoms. The van der Waals surface area contributed by atoms with Gasteiger partial charge in [-0.2, -0.15) is 0 Å². The number of rotatable bonds is 4. The van der Waals surface area contributed by atoms with Crippen molar-refractivity contribution >= 4 is 21.6 Å². The molecule has 2 rings (SSSR count). The van der Waals surface area contributed by atoms with E-state index in [1.807, 2.05) is 6.92 Å². The van der Waals surface area contributed by atoms with E-state index in [4.69, 9.17) is 11.6 Å². The zero-order chi connectivity index (χ0) is 14.0. The molecule has 1 aromatic carbocycles. The summed E-state index contributed by atoms with van der Waals surface area (Å²) in [6.45, 7) is 2.11. The second-order valence-corrected chi connectivity index (χ2v) is 7.19. The Morgan fingerprint density at radius 1 is 1.42 bits per heavy atom. The molecule has 0 aliphatic heterocycles. The van der Waals surface area contributed by atoms with Crippen LogP contribution in [0.3, 0.4) is 0 Å². The Kier molecular flexibility index (Phi) is 4.50. The van der Waals surface area contributed by atoms with Crippen molar-refractivity contribution in [2.24, 2.45) is 5.92 Å². The van der Waals surface area contributed by atoms with Gasteiger partial charge in [0.2, 0.25) is 10.0 Å². The SMILES string of the molecule is Cc1ccc(S(=O)(=O)NCC2CCCC2O)c(Cl)c1. The minimum atomic E-state index is -3.61. The quantitative estimate of drug-likeness (QED) is 0.895. The Hall–Kier alpha value is -0.620. The Bertz CT molecular complexity index is 559. The minimum absolute atomic E-state index is 0.000927. The predicted octanol–water partition coefficient (Wildman–Crippen LogP) is 2.09. The van der Waals surface area contributed by atoms with Gasteiger partial charge in [-0.05, 0) is 43.4 Å². The molecule has 0 bridgehead atoms. The summed E-state index contributed by atoms with van der Waals surface area (Å²) >= 11 is 5.97. The van der Waals surface area contributed by atoms with Gasteiger partial charge in [-0.1, -0.05) is 24.1 Å². The third kappa shape index (κ3) is 3.48. The van der Waals surface area contributed by atoms with Crippen molar-refractivity contribution in [3.8, 4) is 0 Å². The van der Waals surface area contributed by atoms with Crippen LogP contribution < -0.4 is 4.72 Å². The summed E-state index contributed by atoms with van der Waals surface area (Å²) in [5.41, 5.74) is 0.912. The fourth-order valence-electron chi connectivity index (χ4n) is 2.37. The molecule has 4 nitrogen and oxygen atoms in total. The first-order chi connectivity index (χ1) is 8.90. The maximum atomic E-state index is 12.2. The van der Waals surface area contributed by atoms with Gasteiger partial charge in [0.1, 0.15) is 4.90 Å². The van der Waals surface area contributed by atoms with Crippen molar-refractivity contribution in [2.45, 2.75) is 37.2 Å².